The zero-order valence-corrected chi connectivity index (χ0v) is 12.2. The number of ether oxygens (including phenoxy) is 1. The molecule has 0 unspecified atom stereocenters. The molecule has 0 aliphatic rings. The summed E-state index contributed by atoms with van der Waals surface area (Å²) in [6.45, 7) is 0.617. The number of aromatic nitrogens is 2. The average Bonchev–Trinajstić information content (AvgIpc) is 3.00. The van der Waals surface area contributed by atoms with Crippen LogP contribution in [0.15, 0.2) is 36.5 Å². The number of carboxylic acids is 1. The van der Waals surface area contributed by atoms with E-state index in [4.69, 9.17) is 9.84 Å². The molecule has 1 amide bonds. The van der Waals surface area contributed by atoms with E-state index in [1.807, 2.05) is 24.3 Å². The lowest BCUT2D eigenvalue weighted by molar-refractivity contribution is -0.137. The minimum absolute atomic E-state index is 0.0331. The maximum absolute atomic E-state index is 12.0. The van der Waals surface area contributed by atoms with Gasteiger partial charge in [0, 0.05) is 12.7 Å². The molecule has 1 aromatic carbocycles. The van der Waals surface area contributed by atoms with Crippen molar-refractivity contribution >= 4 is 11.9 Å². The van der Waals surface area contributed by atoms with E-state index in [1.54, 1.807) is 19.4 Å². The van der Waals surface area contributed by atoms with Gasteiger partial charge in [-0.3, -0.25) is 14.3 Å². The number of amides is 1. The van der Waals surface area contributed by atoms with Crippen LogP contribution in [0.5, 0.6) is 5.75 Å². The number of benzene rings is 1. The Morgan fingerprint density at radius 2 is 2.00 bits per heavy atom. The molecule has 0 spiro atoms. The van der Waals surface area contributed by atoms with Crippen LogP contribution >= 0.6 is 0 Å². The first-order valence-corrected chi connectivity index (χ1v) is 6.75. The molecule has 0 fully saturated rings. The maximum atomic E-state index is 12.0. The van der Waals surface area contributed by atoms with Gasteiger partial charge in [-0.15, -0.1) is 0 Å². The largest absolute Gasteiger partial charge is 0.497 e. The molecule has 0 radical (unpaired) electrons. The third kappa shape index (κ3) is 4.34. The predicted molar refractivity (Wildman–Crippen MR) is 78.6 cm³/mol. The molecule has 2 aromatic rings. The molecule has 1 heterocycles. The molecule has 0 saturated carbocycles. The number of carbonyl (C=O) groups excluding carboxylic acids is 1. The Labute approximate surface area is 127 Å². The monoisotopic (exact) mass is 303 g/mol. The number of carboxylic acid groups (broad SMARTS) is 1. The molecule has 0 aliphatic carbocycles. The first-order chi connectivity index (χ1) is 10.6. The lowest BCUT2D eigenvalue weighted by atomic mass is 10.2. The summed E-state index contributed by atoms with van der Waals surface area (Å²) in [7, 11) is 1.59. The maximum Gasteiger partial charge on any atom is 0.305 e. The average molecular weight is 303 g/mol. The zero-order valence-electron chi connectivity index (χ0n) is 12.2. The molecule has 0 bridgehead atoms. The van der Waals surface area contributed by atoms with Gasteiger partial charge >= 0.3 is 5.97 Å². The molecular formula is C15H17N3O4. The van der Waals surface area contributed by atoms with Crippen LogP contribution in [-0.2, 0) is 17.9 Å². The molecular weight excluding hydrogens is 286 g/mol. The number of hydrogen-bond acceptors (Lipinski definition) is 4. The molecule has 22 heavy (non-hydrogen) atoms. The third-order valence-corrected chi connectivity index (χ3v) is 3.04. The van der Waals surface area contributed by atoms with E-state index in [9.17, 15) is 9.59 Å². The molecule has 1 aromatic heterocycles. The van der Waals surface area contributed by atoms with Crippen LogP contribution in [0.2, 0.25) is 0 Å². The van der Waals surface area contributed by atoms with Gasteiger partial charge in [0.2, 0.25) is 0 Å². The van der Waals surface area contributed by atoms with Gasteiger partial charge in [-0.2, -0.15) is 5.10 Å². The fourth-order valence-corrected chi connectivity index (χ4v) is 1.83. The van der Waals surface area contributed by atoms with Gasteiger partial charge in [0.05, 0.1) is 20.1 Å². The summed E-state index contributed by atoms with van der Waals surface area (Å²) in [4.78, 5) is 22.5. The van der Waals surface area contributed by atoms with E-state index >= 15 is 0 Å². The molecule has 7 nitrogen and oxygen atoms in total. The van der Waals surface area contributed by atoms with E-state index in [2.05, 4.69) is 10.4 Å². The van der Waals surface area contributed by atoms with Crippen molar-refractivity contribution in [1.82, 2.24) is 15.1 Å². The summed E-state index contributed by atoms with van der Waals surface area (Å²) in [5.41, 5.74) is 1.21. The highest BCUT2D eigenvalue weighted by molar-refractivity contribution is 5.92. The first-order valence-electron chi connectivity index (χ1n) is 6.75. The number of aryl methyl sites for hydroxylation is 1. The van der Waals surface area contributed by atoms with Crippen LogP contribution in [0.4, 0.5) is 0 Å². The van der Waals surface area contributed by atoms with Crippen molar-refractivity contribution in [2.45, 2.75) is 19.5 Å². The summed E-state index contributed by atoms with van der Waals surface area (Å²) in [5.74, 6) is -0.446. The van der Waals surface area contributed by atoms with Crippen molar-refractivity contribution in [1.29, 1.82) is 0 Å². The van der Waals surface area contributed by atoms with Crippen LogP contribution in [0, 0.1) is 0 Å². The molecule has 2 rings (SSSR count). The number of nitrogens with zero attached hydrogens (tertiary/aromatic N) is 2. The number of methoxy groups -OCH3 is 1. The quantitative estimate of drug-likeness (QED) is 0.804. The SMILES string of the molecule is COc1ccc(CNC(=O)c2ccn(CCC(=O)O)n2)cc1. The number of rotatable bonds is 7. The normalized spacial score (nSPS) is 10.2. The number of aliphatic carboxylic acids is 1. The van der Waals surface area contributed by atoms with Gasteiger partial charge < -0.3 is 15.2 Å². The fourth-order valence-electron chi connectivity index (χ4n) is 1.83. The first kappa shape index (κ1) is 15.6. The van der Waals surface area contributed by atoms with E-state index in [-0.39, 0.29) is 24.6 Å². The minimum atomic E-state index is -0.902. The van der Waals surface area contributed by atoms with E-state index in [1.165, 1.54) is 4.68 Å². The highest BCUT2D eigenvalue weighted by Crippen LogP contribution is 2.11. The lowest BCUT2D eigenvalue weighted by Crippen LogP contribution is -2.23. The standard InChI is InChI=1S/C15H17N3O4/c1-22-12-4-2-11(3-5-12)10-16-15(21)13-6-8-18(17-13)9-7-14(19)20/h2-6,8H,7,9-10H2,1H3,(H,16,21)(H,19,20). The second-order valence-corrected chi connectivity index (χ2v) is 4.64. The smallest absolute Gasteiger partial charge is 0.305 e. The molecule has 2 N–H and O–H groups in total. The van der Waals surface area contributed by atoms with Gasteiger partial charge in [0.15, 0.2) is 0 Å². The lowest BCUT2D eigenvalue weighted by Gasteiger charge is -2.05. The number of hydrogen-bond donors (Lipinski definition) is 2. The topological polar surface area (TPSA) is 93.5 Å². The summed E-state index contributed by atoms with van der Waals surface area (Å²) in [5, 5.41) is 15.4. The van der Waals surface area contributed by atoms with E-state index in [0.717, 1.165) is 11.3 Å². The Kier molecular flexibility index (Phi) is 5.13. The van der Waals surface area contributed by atoms with Crippen molar-refractivity contribution in [2.24, 2.45) is 0 Å². The predicted octanol–water partition coefficient (Wildman–Crippen LogP) is 1.30. The van der Waals surface area contributed by atoms with Gasteiger partial charge in [0.1, 0.15) is 11.4 Å². The molecule has 0 saturated heterocycles. The van der Waals surface area contributed by atoms with Gasteiger partial charge in [-0.25, -0.2) is 0 Å². The molecule has 7 heteroatoms. The fraction of sp³-hybridized carbons (Fsp3) is 0.267. The Hall–Kier alpha value is -2.83. The van der Waals surface area contributed by atoms with Crippen molar-refractivity contribution in [2.75, 3.05) is 7.11 Å². The van der Waals surface area contributed by atoms with E-state index < -0.39 is 5.97 Å². The Bertz CT molecular complexity index is 649. The third-order valence-electron chi connectivity index (χ3n) is 3.04. The summed E-state index contributed by atoms with van der Waals surface area (Å²) >= 11 is 0. The van der Waals surface area contributed by atoms with Crippen LogP contribution in [0.1, 0.15) is 22.5 Å². The Balaban J connectivity index is 1.87. The van der Waals surface area contributed by atoms with Crippen molar-refractivity contribution in [3.63, 3.8) is 0 Å². The number of carbonyl (C=O) groups is 2. The second kappa shape index (κ2) is 7.26. The van der Waals surface area contributed by atoms with Crippen LogP contribution in [0.3, 0.4) is 0 Å². The highest BCUT2D eigenvalue weighted by atomic mass is 16.5. The van der Waals surface area contributed by atoms with Crippen molar-refractivity contribution in [3.05, 3.63) is 47.8 Å². The molecule has 116 valence electrons. The van der Waals surface area contributed by atoms with Crippen LogP contribution in [-0.4, -0.2) is 33.9 Å². The molecule has 0 atom stereocenters. The van der Waals surface area contributed by atoms with Crippen molar-refractivity contribution in [3.8, 4) is 5.75 Å². The summed E-state index contributed by atoms with van der Waals surface area (Å²) < 4.78 is 6.51. The van der Waals surface area contributed by atoms with Gasteiger partial charge in [0.25, 0.3) is 5.91 Å². The van der Waals surface area contributed by atoms with Crippen molar-refractivity contribution < 1.29 is 19.4 Å². The Morgan fingerprint density at radius 1 is 1.27 bits per heavy atom. The summed E-state index contributed by atoms with van der Waals surface area (Å²) in [6.07, 6.45) is 1.56. The highest BCUT2D eigenvalue weighted by Gasteiger charge is 2.09. The van der Waals surface area contributed by atoms with Crippen LogP contribution in [0.25, 0.3) is 0 Å². The van der Waals surface area contributed by atoms with Gasteiger partial charge in [-0.05, 0) is 23.8 Å². The number of nitrogens with one attached hydrogen (secondary N) is 1. The second-order valence-electron chi connectivity index (χ2n) is 4.64. The zero-order chi connectivity index (χ0) is 15.9. The molecule has 0 aliphatic heterocycles. The van der Waals surface area contributed by atoms with Crippen LogP contribution < -0.4 is 10.1 Å². The minimum Gasteiger partial charge on any atom is -0.497 e. The Morgan fingerprint density at radius 3 is 2.64 bits per heavy atom. The van der Waals surface area contributed by atoms with E-state index in [0.29, 0.717) is 6.54 Å². The van der Waals surface area contributed by atoms with Gasteiger partial charge in [-0.1, -0.05) is 12.1 Å². The summed E-state index contributed by atoms with van der Waals surface area (Å²) in [6, 6.07) is 8.94.